The minimum Gasteiger partial charge on any atom is -0.462 e. The molecule has 0 saturated carbocycles. The van der Waals surface area contributed by atoms with Gasteiger partial charge in [0.25, 0.3) is 0 Å². The number of unbranched alkanes of at least 4 members (excludes halogenated alkanes) is 28. The van der Waals surface area contributed by atoms with Gasteiger partial charge in [0.1, 0.15) is 19.3 Å². The molecule has 0 radical (unpaired) electrons. The molecule has 3 N–H and O–H groups in total. The first-order chi connectivity index (χ1) is 49.7. The Morgan fingerprint density at radius 3 is 0.833 bits per heavy atom. The van der Waals surface area contributed by atoms with Crippen LogP contribution in [0.4, 0.5) is 0 Å². The predicted molar refractivity (Wildman–Crippen MR) is 418 cm³/mol. The Labute approximate surface area is 619 Å². The molecule has 17 nitrogen and oxygen atoms in total. The second-order valence-corrected chi connectivity index (χ2v) is 29.2. The molecule has 5 atom stereocenters. The molecule has 0 spiro atoms. The molecule has 0 aliphatic rings. The highest BCUT2D eigenvalue weighted by molar-refractivity contribution is 7.47. The average Bonchev–Trinajstić information content (AvgIpc) is 0.926. The van der Waals surface area contributed by atoms with Crippen LogP contribution in [0, 0.1) is 0 Å². The van der Waals surface area contributed by atoms with Gasteiger partial charge in [-0.05, 0) is 128 Å². The number of ether oxygens (including phenoxy) is 4. The van der Waals surface area contributed by atoms with E-state index < -0.39 is 97.5 Å². The monoisotopic (exact) mass is 1470 g/mol. The van der Waals surface area contributed by atoms with Gasteiger partial charge in [0.15, 0.2) is 12.2 Å². The topological polar surface area (TPSA) is 237 Å². The minimum absolute atomic E-state index is 0.0747. The van der Waals surface area contributed by atoms with Crippen LogP contribution in [-0.2, 0) is 65.4 Å². The SMILES string of the molecule is CC/C=C\C/C=C\C/C=C\C/C=C\C/C=C\CCCCCC(=O)OCC(COP(=O)(O)OCC(O)COP(=O)(O)OCC(COC(=O)CCCCCC/C=C\C/C=C\C/C=C\C/C=C\CC)OC(=O)CCCCCCCCCCCCCCCCC)OC(=O)CCCCCCC/C=C\CCCC. The van der Waals surface area contributed by atoms with Crippen LogP contribution in [0.2, 0.25) is 0 Å². The Hall–Kier alpha value is -4.54. The van der Waals surface area contributed by atoms with Gasteiger partial charge in [-0.15, -0.1) is 0 Å². The lowest BCUT2D eigenvalue weighted by atomic mass is 10.0. The maximum atomic E-state index is 13.1. The molecule has 0 aromatic heterocycles. The second-order valence-electron chi connectivity index (χ2n) is 26.2. The molecule has 102 heavy (non-hydrogen) atoms. The maximum absolute atomic E-state index is 13.1. The van der Waals surface area contributed by atoms with Crippen LogP contribution in [-0.4, -0.2) is 96.7 Å². The molecular formula is C83H142O17P2. The Bertz CT molecular complexity index is 2410. The van der Waals surface area contributed by atoms with Crippen molar-refractivity contribution in [2.45, 2.75) is 341 Å². The molecule has 0 bridgehead atoms. The Balaban J connectivity index is 5.36. The van der Waals surface area contributed by atoms with E-state index in [-0.39, 0.29) is 25.7 Å². The molecule has 0 aromatic rings. The summed E-state index contributed by atoms with van der Waals surface area (Å²) in [4.78, 5) is 72.9. The van der Waals surface area contributed by atoms with Crippen molar-refractivity contribution in [3.8, 4) is 0 Å². The molecule has 19 heteroatoms. The molecule has 5 unspecified atom stereocenters. The molecule has 0 amide bonds. The fourth-order valence-electron chi connectivity index (χ4n) is 10.4. The van der Waals surface area contributed by atoms with Gasteiger partial charge in [0, 0.05) is 25.7 Å². The Morgan fingerprint density at radius 1 is 0.284 bits per heavy atom. The molecule has 0 saturated heterocycles. The second kappa shape index (κ2) is 74.7. The summed E-state index contributed by atoms with van der Waals surface area (Å²) in [5.74, 6) is -2.24. The van der Waals surface area contributed by atoms with Gasteiger partial charge in [-0.2, -0.15) is 0 Å². The highest BCUT2D eigenvalue weighted by Crippen LogP contribution is 2.45. The van der Waals surface area contributed by atoms with E-state index in [0.717, 1.165) is 167 Å². The molecule has 0 aliphatic carbocycles. The summed E-state index contributed by atoms with van der Waals surface area (Å²) in [6.45, 7) is 4.56. The summed E-state index contributed by atoms with van der Waals surface area (Å²) in [6, 6.07) is 0. The number of aliphatic hydroxyl groups excluding tert-OH is 1. The fourth-order valence-corrected chi connectivity index (χ4v) is 12.0. The van der Waals surface area contributed by atoms with Gasteiger partial charge in [-0.25, -0.2) is 9.13 Å². The zero-order valence-corrected chi connectivity index (χ0v) is 65.8. The summed E-state index contributed by atoms with van der Waals surface area (Å²) in [5.41, 5.74) is 0. The van der Waals surface area contributed by atoms with Crippen molar-refractivity contribution in [1.82, 2.24) is 0 Å². The highest BCUT2D eigenvalue weighted by Gasteiger charge is 2.30. The van der Waals surface area contributed by atoms with Gasteiger partial charge < -0.3 is 33.8 Å². The van der Waals surface area contributed by atoms with Gasteiger partial charge in [0.2, 0.25) is 0 Å². The van der Waals surface area contributed by atoms with E-state index in [4.69, 9.17) is 37.0 Å². The molecule has 0 heterocycles. The molecule has 0 aromatic carbocycles. The van der Waals surface area contributed by atoms with Crippen LogP contribution in [0.5, 0.6) is 0 Å². The maximum Gasteiger partial charge on any atom is 0.472 e. The summed E-state index contributed by atoms with van der Waals surface area (Å²) in [5, 5.41) is 10.6. The summed E-state index contributed by atoms with van der Waals surface area (Å²) in [6.07, 6.45) is 81.8. The third kappa shape index (κ3) is 73.8. The fraction of sp³-hybridized carbons (Fsp3) is 0.711. The van der Waals surface area contributed by atoms with Crippen molar-refractivity contribution < 1.29 is 80.2 Å². The van der Waals surface area contributed by atoms with E-state index in [0.29, 0.717) is 25.7 Å². The van der Waals surface area contributed by atoms with Gasteiger partial charge in [0.05, 0.1) is 26.4 Å². The van der Waals surface area contributed by atoms with Gasteiger partial charge in [-0.1, -0.05) is 290 Å². The first kappa shape index (κ1) is 97.5. The molecule has 586 valence electrons. The average molecular weight is 1470 g/mol. The van der Waals surface area contributed by atoms with E-state index >= 15 is 0 Å². The number of phosphoric ester groups is 2. The standard InChI is InChI=1S/C83H142O17P2/c1-5-9-13-17-21-25-29-32-35-37-38-40-43-45-49-52-56-60-64-68-80(85)93-73-78(99-82(87)69-65-61-57-53-47-28-24-20-16-12-8-4)75-97-101(89,90)95-71-77(84)72-96-102(91,92)98-76-79(100-83(88)70-66-62-58-54-50-46-41-34-31-27-23-19-15-11-7-3)74-94-81(86)67-63-59-55-51-48-44-42-39-36-33-30-26-22-18-14-10-6-2/h9-10,13-14,20-22,24-26,32-33,35-36,38,40,42,44-45,49,77-79,84H,5-8,11-12,15-19,23,27-31,34,37,39,41,43,46-48,50-76H2,1-4H3,(H,89,90)(H,91,92)/b13-9-,14-10-,24-20-,25-21-,26-22-,35-32-,36-33-,40-38-,44-42-,49-45-. The van der Waals surface area contributed by atoms with E-state index in [1.807, 2.05) is 0 Å². The van der Waals surface area contributed by atoms with Crippen LogP contribution < -0.4 is 0 Å². The molecular weight excluding hydrogens is 1330 g/mol. The number of carbonyl (C=O) groups excluding carboxylic acids is 4. The number of hydrogen-bond acceptors (Lipinski definition) is 15. The Morgan fingerprint density at radius 2 is 0.520 bits per heavy atom. The number of esters is 4. The van der Waals surface area contributed by atoms with Crippen molar-refractivity contribution >= 4 is 39.5 Å². The van der Waals surface area contributed by atoms with Crippen molar-refractivity contribution in [1.29, 1.82) is 0 Å². The van der Waals surface area contributed by atoms with Crippen LogP contribution in [0.25, 0.3) is 0 Å². The lowest BCUT2D eigenvalue weighted by Crippen LogP contribution is -2.30. The van der Waals surface area contributed by atoms with Crippen molar-refractivity contribution in [3.05, 3.63) is 122 Å². The summed E-state index contributed by atoms with van der Waals surface area (Å²) in [7, 11) is -9.97. The Kier molecular flexibility index (Phi) is 71.4. The van der Waals surface area contributed by atoms with E-state index in [1.165, 1.54) is 77.0 Å². The first-order valence-electron chi connectivity index (χ1n) is 39.8. The number of hydrogen-bond donors (Lipinski definition) is 3. The number of phosphoric acid groups is 2. The third-order valence-corrected chi connectivity index (χ3v) is 18.3. The van der Waals surface area contributed by atoms with Crippen molar-refractivity contribution in [3.63, 3.8) is 0 Å². The summed E-state index contributed by atoms with van der Waals surface area (Å²) < 4.78 is 68.5. The third-order valence-electron chi connectivity index (χ3n) is 16.4. The zero-order chi connectivity index (χ0) is 74.6. The first-order valence-corrected chi connectivity index (χ1v) is 42.8. The molecule has 0 fully saturated rings. The van der Waals surface area contributed by atoms with E-state index in [9.17, 15) is 43.2 Å². The lowest BCUT2D eigenvalue weighted by molar-refractivity contribution is -0.161. The number of rotatable bonds is 74. The van der Waals surface area contributed by atoms with Gasteiger partial charge in [-0.3, -0.25) is 37.3 Å². The van der Waals surface area contributed by atoms with Crippen LogP contribution in [0.1, 0.15) is 323 Å². The van der Waals surface area contributed by atoms with Crippen LogP contribution in [0.15, 0.2) is 122 Å². The number of allylic oxidation sites excluding steroid dienone is 20. The lowest BCUT2D eigenvalue weighted by Gasteiger charge is -2.21. The highest BCUT2D eigenvalue weighted by atomic mass is 31.2. The van der Waals surface area contributed by atoms with Gasteiger partial charge >= 0.3 is 39.5 Å². The van der Waals surface area contributed by atoms with E-state index in [2.05, 4.69) is 149 Å². The number of aliphatic hydroxyl groups is 1. The minimum atomic E-state index is -4.99. The van der Waals surface area contributed by atoms with Crippen molar-refractivity contribution in [2.24, 2.45) is 0 Å². The quantitative estimate of drug-likeness (QED) is 0.0169. The zero-order valence-electron chi connectivity index (χ0n) is 64.0. The predicted octanol–water partition coefficient (Wildman–Crippen LogP) is 23.1. The smallest absolute Gasteiger partial charge is 0.462 e. The largest absolute Gasteiger partial charge is 0.472 e. The normalized spacial score (nSPS) is 14.5. The summed E-state index contributed by atoms with van der Waals surface area (Å²) >= 11 is 0. The number of carbonyl (C=O) groups is 4. The molecule has 0 aliphatic heterocycles. The molecule has 0 rings (SSSR count). The van der Waals surface area contributed by atoms with Crippen LogP contribution in [0.3, 0.4) is 0 Å². The van der Waals surface area contributed by atoms with Crippen LogP contribution >= 0.6 is 15.6 Å². The van der Waals surface area contributed by atoms with Crippen molar-refractivity contribution in [2.75, 3.05) is 39.6 Å². The van der Waals surface area contributed by atoms with E-state index in [1.54, 1.807) is 0 Å².